The number of amides is 1. The molecule has 12 nitrogen and oxygen atoms in total. The molecule has 47 heavy (non-hydrogen) atoms. The van der Waals surface area contributed by atoms with E-state index in [-0.39, 0.29) is 28.5 Å². The van der Waals surface area contributed by atoms with Crippen LogP contribution in [0.2, 0.25) is 10.0 Å². The fraction of sp³-hybridized carbons (Fsp3) is 0.333. The zero-order chi connectivity index (χ0) is 34.2. The summed E-state index contributed by atoms with van der Waals surface area (Å²) in [6, 6.07) is 13.0. The van der Waals surface area contributed by atoms with E-state index in [4.69, 9.17) is 46.9 Å². The second-order valence-corrected chi connectivity index (χ2v) is 11.7. The van der Waals surface area contributed by atoms with Gasteiger partial charge < -0.3 is 29.0 Å². The van der Waals surface area contributed by atoms with Crippen LogP contribution in [0.3, 0.4) is 0 Å². The molecule has 1 aliphatic heterocycles. The Kier molecular flexibility index (Phi) is 11.8. The third-order valence-electron chi connectivity index (χ3n) is 7.12. The molecular weight excluding hydrogens is 655 g/mol. The Morgan fingerprint density at radius 1 is 1.04 bits per heavy atom. The summed E-state index contributed by atoms with van der Waals surface area (Å²) in [6.45, 7) is 4.12. The van der Waals surface area contributed by atoms with Gasteiger partial charge in [0.2, 0.25) is 5.75 Å². The van der Waals surface area contributed by atoms with Crippen LogP contribution in [0.5, 0.6) is 11.5 Å². The predicted octanol–water partition coefficient (Wildman–Crippen LogP) is 4.63. The standard InChI is InChI=1S/C33H32Cl2N2O10/c1-17(2)30(39)46-27-18(3)45-33(42)24(16-44-31(40)22(27)14-19-8-6-5-7-9-19)37-29(38)26-28(25(43-4)12-13-36-26)47-32(41)21-11-10-20(34)15-23(21)35/h5-13,15,17-18,22,24,27H,14,16H2,1-4H3,(H,37,38)/t18-,22+,24-,27-/m0/s1. The van der Waals surface area contributed by atoms with E-state index in [2.05, 4.69) is 10.3 Å². The summed E-state index contributed by atoms with van der Waals surface area (Å²) in [5.74, 6) is -6.23. The number of benzene rings is 2. The van der Waals surface area contributed by atoms with Crippen LogP contribution in [0.25, 0.3) is 0 Å². The van der Waals surface area contributed by atoms with E-state index in [1.54, 1.807) is 38.1 Å². The fourth-order valence-corrected chi connectivity index (χ4v) is 5.12. The lowest BCUT2D eigenvalue weighted by Gasteiger charge is -2.29. The molecule has 0 spiro atoms. The Hall–Kier alpha value is -4.68. The van der Waals surface area contributed by atoms with E-state index in [0.29, 0.717) is 5.02 Å². The van der Waals surface area contributed by atoms with E-state index >= 15 is 0 Å². The van der Waals surface area contributed by atoms with Crippen molar-refractivity contribution >= 4 is 53.0 Å². The summed E-state index contributed by atoms with van der Waals surface area (Å²) >= 11 is 12.1. The van der Waals surface area contributed by atoms with E-state index in [0.717, 1.165) is 5.56 Å². The molecule has 1 fully saturated rings. The number of nitrogens with one attached hydrogen (secondary N) is 1. The molecule has 3 aromatic rings. The molecule has 0 bridgehead atoms. The SMILES string of the molecule is COc1ccnc(C(=O)N[C@H]2COC(=O)[C@H](Cc3ccccc3)[C@@H](OC(=O)C(C)C)[C@H](C)OC2=O)c1OC(=O)c1ccc(Cl)cc1Cl. The average Bonchev–Trinajstić information content (AvgIpc) is 3.07. The normalized spacial score (nSPS) is 19.7. The van der Waals surface area contributed by atoms with Crippen LogP contribution in [0, 0.1) is 11.8 Å². The van der Waals surface area contributed by atoms with Crippen molar-refractivity contribution in [1.82, 2.24) is 10.3 Å². The van der Waals surface area contributed by atoms with Gasteiger partial charge in [0.1, 0.15) is 18.6 Å². The molecule has 4 rings (SSSR count). The maximum atomic E-state index is 13.5. The van der Waals surface area contributed by atoms with Crippen molar-refractivity contribution in [3.63, 3.8) is 0 Å². The number of cyclic esters (lactones) is 2. The minimum absolute atomic E-state index is 0.00331. The molecule has 1 saturated heterocycles. The van der Waals surface area contributed by atoms with E-state index < -0.39 is 72.2 Å². The third kappa shape index (κ3) is 8.78. The highest BCUT2D eigenvalue weighted by Gasteiger charge is 2.42. The summed E-state index contributed by atoms with van der Waals surface area (Å²) < 4.78 is 27.6. The van der Waals surface area contributed by atoms with Crippen molar-refractivity contribution in [2.45, 2.75) is 45.4 Å². The first-order valence-electron chi connectivity index (χ1n) is 14.5. The lowest BCUT2D eigenvalue weighted by molar-refractivity contribution is -0.176. The van der Waals surface area contributed by atoms with Gasteiger partial charge in [-0.3, -0.25) is 14.4 Å². The van der Waals surface area contributed by atoms with Crippen LogP contribution in [0.15, 0.2) is 60.8 Å². The Morgan fingerprint density at radius 3 is 2.43 bits per heavy atom. The quantitative estimate of drug-likeness (QED) is 0.247. The van der Waals surface area contributed by atoms with Crippen molar-refractivity contribution in [2.75, 3.05) is 13.7 Å². The van der Waals surface area contributed by atoms with E-state index in [1.165, 1.54) is 44.5 Å². The number of carbonyl (C=O) groups excluding carboxylic acids is 5. The maximum Gasteiger partial charge on any atom is 0.345 e. The molecule has 0 radical (unpaired) electrons. The molecule has 2 aromatic carbocycles. The van der Waals surface area contributed by atoms with Crippen LogP contribution in [-0.4, -0.2) is 66.7 Å². The van der Waals surface area contributed by atoms with Crippen LogP contribution in [-0.2, 0) is 35.0 Å². The number of esters is 4. The van der Waals surface area contributed by atoms with Gasteiger partial charge in [-0.2, -0.15) is 0 Å². The van der Waals surface area contributed by atoms with E-state index in [9.17, 15) is 24.0 Å². The summed E-state index contributed by atoms with van der Waals surface area (Å²) in [6.07, 6.45) is -0.957. The molecule has 14 heteroatoms. The number of aromatic nitrogens is 1. The first-order valence-corrected chi connectivity index (χ1v) is 15.3. The maximum absolute atomic E-state index is 13.5. The van der Waals surface area contributed by atoms with Gasteiger partial charge >= 0.3 is 23.9 Å². The molecule has 1 aliphatic rings. The van der Waals surface area contributed by atoms with Gasteiger partial charge in [-0.15, -0.1) is 0 Å². The number of hydrogen-bond donors (Lipinski definition) is 1. The fourth-order valence-electron chi connectivity index (χ4n) is 4.63. The number of halogens is 2. The third-order valence-corrected chi connectivity index (χ3v) is 7.67. The first-order chi connectivity index (χ1) is 22.4. The molecule has 0 saturated carbocycles. The van der Waals surface area contributed by atoms with Gasteiger partial charge in [-0.25, -0.2) is 14.6 Å². The Bertz CT molecular complexity index is 1650. The molecule has 0 aliphatic carbocycles. The van der Waals surface area contributed by atoms with Crippen molar-refractivity contribution in [2.24, 2.45) is 11.8 Å². The molecule has 2 heterocycles. The molecule has 1 aromatic heterocycles. The number of pyridine rings is 1. The highest BCUT2D eigenvalue weighted by atomic mass is 35.5. The number of nitrogens with zero attached hydrogens (tertiary/aromatic N) is 1. The summed E-state index contributed by atoms with van der Waals surface area (Å²) in [7, 11) is 1.29. The number of carbonyl (C=O) groups is 5. The van der Waals surface area contributed by atoms with Gasteiger partial charge in [0.25, 0.3) is 5.91 Å². The summed E-state index contributed by atoms with van der Waals surface area (Å²) in [5, 5.41) is 2.73. The lowest BCUT2D eigenvalue weighted by atomic mass is 9.91. The van der Waals surface area contributed by atoms with Gasteiger partial charge in [-0.1, -0.05) is 67.4 Å². The first kappa shape index (κ1) is 35.2. The van der Waals surface area contributed by atoms with Crippen molar-refractivity contribution in [3.8, 4) is 11.5 Å². The average molecular weight is 688 g/mol. The number of methoxy groups -OCH3 is 1. The minimum atomic E-state index is -1.52. The Morgan fingerprint density at radius 2 is 1.77 bits per heavy atom. The highest BCUT2D eigenvalue weighted by Crippen LogP contribution is 2.32. The number of hydrogen-bond acceptors (Lipinski definition) is 11. The highest BCUT2D eigenvalue weighted by molar-refractivity contribution is 6.36. The Balaban J connectivity index is 1.60. The molecule has 1 amide bonds. The molecule has 248 valence electrons. The van der Waals surface area contributed by atoms with Crippen molar-refractivity contribution < 1.29 is 47.7 Å². The minimum Gasteiger partial charge on any atom is -0.493 e. The van der Waals surface area contributed by atoms with Crippen molar-refractivity contribution in [1.29, 1.82) is 0 Å². The van der Waals surface area contributed by atoms with Crippen LogP contribution < -0.4 is 14.8 Å². The molecular formula is C33H32Cl2N2O10. The number of rotatable bonds is 9. The molecule has 1 N–H and O–H groups in total. The monoisotopic (exact) mass is 686 g/mol. The molecule has 4 atom stereocenters. The van der Waals surface area contributed by atoms with Gasteiger partial charge in [0.05, 0.1) is 23.6 Å². The second kappa shape index (κ2) is 15.7. The van der Waals surface area contributed by atoms with Crippen LogP contribution in [0.4, 0.5) is 0 Å². The second-order valence-electron chi connectivity index (χ2n) is 10.9. The van der Waals surface area contributed by atoms with Gasteiger partial charge in [0.15, 0.2) is 23.6 Å². The smallest absolute Gasteiger partial charge is 0.345 e. The lowest BCUT2D eigenvalue weighted by Crippen LogP contribution is -2.47. The largest absolute Gasteiger partial charge is 0.493 e. The van der Waals surface area contributed by atoms with Gasteiger partial charge in [0, 0.05) is 17.3 Å². The topological polar surface area (TPSA) is 156 Å². The summed E-state index contributed by atoms with van der Waals surface area (Å²) in [5.41, 5.74) is 0.279. The zero-order valence-corrected chi connectivity index (χ0v) is 27.4. The molecule has 0 unspecified atom stereocenters. The zero-order valence-electron chi connectivity index (χ0n) is 25.9. The van der Waals surface area contributed by atoms with Crippen LogP contribution >= 0.6 is 23.2 Å². The number of ether oxygens (including phenoxy) is 5. The van der Waals surface area contributed by atoms with Crippen LogP contribution in [0.1, 0.15) is 47.2 Å². The van der Waals surface area contributed by atoms with E-state index in [1.807, 2.05) is 6.07 Å². The van der Waals surface area contributed by atoms with Crippen molar-refractivity contribution in [3.05, 3.63) is 87.7 Å². The predicted molar refractivity (Wildman–Crippen MR) is 168 cm³/mol. The van der Waals surface area contributed by atoms with Gasteiger partial charge in [-0.05, 0) is 37.1 Å². The Labute approximate surface area is 280 Å². The summed E-state index contributed by atoms with van der Waals surface area (Å²) in [4.78, 5) is 70.0.